The minimum absolute atomic E-state index is 0.0118. The highest BCUT2D eigenvalue weighted by Gasteiger charge is 2.28. The van der Waals surface area contributed by atoms with Crippen LogP contribution in [-0.4, -0.2) is 31.9 Å². The highest BCUT2D eigenvalue weighted by atomic mass is 19.2. The molecule has 0 aliphatic carbocycles. The van der Waals surface area contributed by atoms with E-state index >= 15 is 0 Å². The second kappa shape index (κ2) is 8.78. The van der Waals surface area contributed by atoms with E-state index in [-0.39, 0.29) is 25.9 Å². The Balaban J connectivity index is 2.52. The lowest BCUT2D eigenvalue weighted by Crippen LogP contribution is -2.16. The smallest absolute Gasteiger partial charge is 0.313 e. The summed E-state index contributed by atoms with van der Waals surface area (Å²) in [6.07, 6.45) is -0.418. The first-order valence-electron chi connectivity index (χ1n) is 6.67. The van der Waals surface area contributed by atoms with Crippen LogP contribution < -0.4 is 4.74 Å². The van der Waals surface area contributed by atoms with E-state index in [2.05, 4.69) is 4.74 Å². The molecule has 0 saturated heterocycles. The normalized spacial score (nSPS) is 11.1. The Morgan fingerprint density at radius 1 is 0.870 bits per heavy atom. The molecule has 0 aliphatic rings. The van der Waals surface area contributed by atoms with Gasteiger partial charge in [-0.25, -0.2) is 13.2 Å². The minimum Gasteiger partial charge on any atom is -0.420 e. The maximum Gasteiger partial charge on any atom is 0.313 e. The zero-order valence-corrected chi connectivity index (χ0v) is 12.4. The van der Waals surface area contributed by atoms with Gasteiger partial charge in [0, 0.05) is 0 Å². The lowest BCUT2D eigenvalue weighted by molar-refractivity contribution is -0.136. The van der Waals surface area contributed by atoms with Crippen LogP contribution in [0.3, 0.4) is 0 Å². The first-order chi connectivity index (χ1) is 10.8. The number of rotatable bonds is 8. The maximum atomic E-state index is 13.3. The molecule has 4 nitrogen and oxygen atoms in total. The van der Waals surface area contributed by atoms with Crippen molar-refractivity contribution in [1.29, 1.82) is 0 Å². The highest BCUT2D eigenvalue weighted by molar-refractivity contribution is 5.72. The minimum atomic E-state index is -2.33. The van der Waals surface area contributed by atoms with Gasteiger partial charge in [-0.15, -0.1) is 0 Å². The van der Waals surface area contributed by atoms with Crippen molar-refractivity contribution in [3.63, 3.8) is 0 Å². The van der Waals surface area contributed by atoms with Crippen molar-refractivity contribution in [1.82, 2.24) is 0 Å². The van der Waals surface area contributed by atoms with Gasteiger partial charge in [-0.05, 0) is 13.8 Å². The largest absolute Gasteiger partial charge is 0.420 e. The average molecular weight is 342 g/mol. The van der Waals surface area contributed by atoms with Crippen molar-refractivity contribution in [2.45, 2.75) is 26.4 Å². The van der Waals surface area contributed by atoms with Crippen molar-refractivity contribution in [2.75, 3.05) is 19.8 Å². The lowest BCUT2D eigenvalue weighted by Gasteiger charge is -2.09. The van der Waals surface area contributed by atoms with Gasteiger partial charge in [0.15, 0.2) is 0 Å². The summed E-state index contributed by atoms with van der Waals surface area (Å²) in [5.41, 5.74) is 0. The van der Waals surface area contributed by atoms with Crippen LogP contribution in [0.4, 0.5) is 22.0 Å². The van der Waals surface area contributed by atoms with Crippen LogP contribution in [-0.2, 0) is 14.3 Å². The fourth-order valence-corrected chi connectivity index (χ4v) is 1.44. The summed E-state index contributed by atoms with van der Waals surface area (Å²) in [5.74, 6) is -13.9. The molecule has 130 valence electrons. The van der Waals surface area contributed by atoms with Crippen LogP contribution in [0.5, 0.6) is 5.75 Å². The van der Waals surface area contributed by atoms with Crippen molar-refractivity contribution in [3.05, 3.63) is 29.1 Å². The monoisotopic (exact) mass is 342 g/mol. The summed E-state index contributed by atoms with van der Waals surface area (Å²) in [6, 6.07) is 0. The molecule has 0 heterocycles. The van der Waals surface area contributed by atoms with E-state index in [0.717, 1.165) is 0 Å². The molecule has 0 radical (unpaired) electrons. The van der Waals surface area contributed by atoms with Gasteiger partial charge in [0.1, 0.15) is 0 Å². The Kier molecular flexibility index (Phi) is 7.37. The molecule has 0 aromatic heterocycles. The topological polar surface area (TPSA) is 44.8 Å². The molecule has 0 N–H and O–H groups in total. The number of carbonyl (C=O) groups excluding carboxylic acids is 1. The van der Waals surface area contributed by atoms with Gasteiger partial charge in [-0.1, -0.05) is 0 Å². The van der Waals surface area contributed by atoms with E-state index in [9.17, 15) is 26.7 Å². The molecule has 1 rings (SSSR count). The van der Waals surface area contributed by atoms with Crippen LogP contribution in [0.25, 0.3) is 0 Å². The van der Waals surface area contributed by atoms with Crippen molar-refractivity contribution < 1.29 is 41.0 Å². The quantitative estimate of drug-likeness (QED) is 0.182. The first-order valence-corrected chi connectivity index (χ1v) is 6.67. The number of benzene rings is 1. The second-order valence-electron chi connectivity index (χ2n) is 4.66. The van der Waals surface area contributed by atoms with E-state index in [1.165, 1.54) is 0 Å². The highest BCUT2D eigenvalue weighted by Crippen LogP contribution is 2.29. The fourth-order valence-electron chi connectivity index (χ4n) is 1.44. The van der Waals surface area contributed by atoms with E-state index in [1.54, 1.807) is 0 Å². The summed E-state index contributed by atoms with van der Waals surface area (Å²) in [4.78, 5) is 11.4. The Labute approximate surface area is 129 Å². The molecule has 23 heavy (non-hydrogen) atoms. The van der Waals surface area contributed by atoms with E-state index in [0.29, 0.717) is 0 Å². The van der Waals surface area contributed by atoms with Gasteiger partial charge in [0.05, 0.1) is 32.3 Å². The third-order valence-corrected chi connectivity index (χ3v) is 2.51. The SMILES string of the molecule is CC(C)OCCOCCC(=O)Oc1c(F)c(F)c(F)c(F)c1F. The predicted octanol–water partition coefficient (Wildman–Crippen LogP) is 3.12. The third-order valence-electron chi connectivity index (χ3n) is 2.51. The van der Waals surface area contributed by atoms with Crippen molar-refractivity contribution in [3.8, 4) is 5.75 Å². The van der Waals surface area contributed by atoms with Crippen molar-refractivity contribution >= 4 is 5.97 Å². The number of esters is 1. The zero-order valence-electron chi connectivity index (χ0n) is 12.4. The van der Waals surface area contributed by atoms with Gasteiger partial charge in [-0.2, -0.15) is 8.78 Å². The lowest BCUT2D eigenvalue weighted by atomic mass is 10.2. The molecule has 0 fully saturated rings. The molecule has 0 unspecified atom stereocenters. The second-order valence-corrected chi connectivity index (χ2v) is 4.66. The van der Waals surface area contributed by atoms with Gasteiger partial charge >= 0.3 is 5.97 Å². The predicted molar refractivity (Wildman–Crippen MR) is 68.4 cm³/mol. The summed E-state index contributed by atoms with van der Waals surface area (Å²) in [6.45, 7) is 3.94. The molecule has 1 aromatic rings. The number of hydrogen-bond acceptors (Lipinski definition) is 4. The molecule has 1 aromatic carbocycles. The zero-order chi connectivity index (χ0) is 17.6. The van der Waals surface area contributed by atoms with Gasteiger partial charge < -0.3 is 14.2 Å². The molecular weight excluding hydrogens is 327 g/mol. The van der Waals surface area contributed by atoms with Crippen LogP contribution in [0.15, 0.2) is 0 Å². The van der Waals surface area contributed by atoms with E-state index in [1.807, 2.05) is 13.8 Å². The van der Waals surface area contributed by atoms with Crippen LogP contribution in [0.2, 0.25) is 0 Å². The Bertz CT molecular complexity index is 534. The molecular formula is C14H15F5O4. The van der Waals surface area contributed by atoms with E-state index < -0.39 is 47.2 Å². The van der Waals surface area contributed by atoms with Crippen molar-refractivity contribution in [2.24, 2.45) is 0 Å². The van der Waals surface area contributed by atoms with Crippen LogP contribution in [0.1, 0.15) is 20.3 Å². The van der Waals surface area contributed by atoms with Crippen LogP contribution in [0, 0.1) is 29.1 Å². The number of ether oxygens (including phenoxy) is 3. The molecule has 0 bridgehead atoms. The fraction of sp³-hybridized carbons (Fsp3) is 0.500. The summed E-state index contributed by atoms with van der Waals surface area (Å²) >= 11 is 0. The molecule has 0 saturated carbocycles. The molecule has 0 spiro atoms. The summed E-state index contributed by atoms with van der Waals surface area (Å²) in [5, 5.41) is 0. The Hall–Kier alpha value is -1.74. The molecule has 0 amide bonds. The summed E-state index contributed by atoms with van der Waals surface area (Å²) < 4.78 is 79.6. The number of carbonyl (C=O) groups is 1. The average Bonchev–Trinajstić information content (AvgIpc) is 2.50. The molecule has 0 atom stereocenters. The van der Waals surface area contributed by atoms with Gasteiger partial charge in [0.25, 0.3) is 0 Å². The van der Waals surface area contributed by atoms with Gasteiger partial charge in [0.2, 0.25) is 34.8 Å². The molecule has 9 heteroatoms. The third kappa shape index (κ3) is 5.43. The Morgan fingerprint density at radius 3 is 1.91 bits per heavy atom. The Morgan fingerprint density at radius 2 is 1.39 bits per heavy atom. The van der Waals surface area contributed by atoms with Crippen LogP contribution >= 0.6 is 0 Å². The van der Waals surface area contributed by atoms with E-state index in [4.69, 9.17) is 9.47 Å². The molecule has 0 aliphatic heterocycles. The first kappa shape index (κ1) is 19.3. The van der Waals surface area contributed by atoms with Gasteiger partial charge in [-0.3, -0.25) is 4.79 Å². The standard InChI is InChI=1S/C14H15F5O4/c1-7(2)22-6-5-21-4-3-8(20)23-14-12(18)10(16)9(15)11(17)13(14)19/h7H,3-6H2,1-2H3. The number of hydrogen-bond donors (Lipinski definition) is 0. The number of halogens is 5. The maximum absolute atomic E-state index is 13.3. The summed E-state index contributed by atoms with van der Waals surface area (Å²) in [7, 11) is 0.